The summed E-state index contributed by atoms with van der Waals surface area (Å²) in [5.41, 5.74) is -0.0657. The van der Waals surface area contributed by atoms with E-state index in [0.717, 1.165) is 5.69 Å². The Labute approximate surface area is 217 Å². The smallest absolute Gasteiger partial charge is 0.372 e. The SMILES string of the molecule is CC1CN(c2cccc(C(=O)Nc3ccc(N/C(=C\C(=N)c4cccnc4)C(F)(F)F)nn3)c2)CC(C)O1. The van der Waals surface area contributed by atoms with E-state index in [4.69, 9.17) is 10.1 Å². The first-order chi connectivity index (χ1) is 18.1. The Bertz CT molecular complexity index is 1300. The number of nitrogens with one attached hydrogen (secondary N) is 3. The summed E-state index contributed by atoms with van der Waals surface area (Å²) < 4.78 is 46.5. The summed E-state index contributed by atoms with van der Waals surface area (Å²) in [6, 6.07) is 12.7. The fraction of sp³-hybridized carbons (Fsp3) is 0.269. The second-order valence-corrected chi connectivity index (χ2v) is 8.81. The number of alkyl halides is 3. The van der Waals surface area contributed by atoms with Crippen LogP contribution in [0.15, 0.2) is 72.7 Å². The third-order valence-corrected chi connectivity index (χ3v) is 5.63. The van der Waals surface area contributed by atoms with Crippen LogP contribution in [0, 0.1) is 5.41 Å². The van der Waals surface area contributed by atoms with Crippen LogP contribution in [0.3, 0.4) is 0 Å². The molecule has 198 valence electrons. The molecule has 0 saturated carbocycles. The van der Waals surface area contributed by atoms with Crippen LogP contribution in [0.1, 0.15) is 29.8 Å². The van der Waals surface area contributed by atoms with E-state index >= 15 is 0 Å². The van der Waals surface area contributed by atoms with E-state index in [0.29, 0.717) is 24.7 Å². The fourth-order valence-corrected chi connectivity index (χ4v) is 3.96. The molecule has 1 fully saturated rings. The molecule has 0 aliphatic carbocycles. The predicted molar refractivity (Wildman–Crippen MR) is 137 cm³/mol. The van der Waals surface area contributed by atoms with E-state index in [9.17, 15) is 18.0 Å². The van der Waals surface area contributed by atoms with Crippen LogP contribution in [0.4, 0.5) is 30.5 Å². The minimum Gasteiger partial charge on any atom is -0.372 e. The minimum atomic E-state index is -4.77. The number of anilines is 3. The van der Waals surface area contributed by atoms with Crippen molar-refractivity contribution in [1.82, 2.24) is 15.2 Å². The molecule has 12 heteroatoms. The van der Waals surface area contributed by atoms with Crippen molar-refractivity contribution in [2.24, 2.45) is 0 Å². The monoisotopic (exact) mass is 525 g/mol. The van der Waals surface area contributed by atoms with E-state index in [2.05, 4.69) is 30.7 Å². The highest BCUT2D eigenvalue weighted by Gasteiger charge is 2.34. The Morgan fingerprint density at radius 2 is 1.68 bits per heavy atom. The number of nitrogens with zero attached hydrogens (tertiary/aromatic N) is 4. The van der Waals surface area contributed by atoms with Gasteiger partial charge in [-0.05, 0) is 62.4 Å². The van der Waals surface area contributed by atoms with E-state index in [1.54, 1.807) is 18.2 Å². The zero-order valence-corrected chi connectivity index (χ0v) is 20.7. The minimum absolute atomic E-state index is 0.0623. The van der Waals surface area contributed by atoms with Gasteiger partial charge in [-0.3, -0.25) is 9.78 Å². The molecular formula is C26H26F3N7O2. The summed E-state index contributed by atoms with van der Waals surface area (Å²) in [7, 11) is 0. The Balaban J connectivity index is 1.43. The summed E-state index contributed by atoms with van der Waals surface area (Å²) in [4.78, 5) is 18.8. The molecule has 38 heavy (non-hydrogen) atoms. The fourth-order valence-electron chi connectivity index (χ4n) is 3.96. The Morgan fingerprint density at radius 3 is 2.29 bits per heavy atom. The quantitative estimate of drug-likeness (QED) is 0.384. The van der Waals surface area contributed by atoms with Crippen molar-refractivity contribution >= 4 is 28.9 Å². The number of carbonyl (C=O) groups excluding carboxylic acids is 1. The number of amides is 1. The van der Waals surface area contributed by atoms with Crippen molar-refractivity contribution in [3.8, 4) is 0 Å². The van der Waals surface area contributed by atoms with Crippen molar-refractivity contribution in [2.45, 2.75) is 32.2 Å². The molecular weight excluding hydrogens is 499 g/mol. The van der Waals surface area contributed by atoms with E-state index in [1.165, 1.54) is 36.7 Å². The molecule has 2 unspecified atom stereocenters. The number of hydrogen-bond donors (Lipinski definition) is 3. The van der Waals surface area contributed by atoms with E-state index < -0.39 is 17.8 Å². The van der Waals surface area contributed by atoms with Crippen molar-refractivity contribution in [3.63, 3.8) is 0 Å². The number of hydrogen-bond acceptors (Lipinski definition) is 8. The Kier molecular flexibility index (Phi) is 8.01. The highest BCUT2D eigenvalue weighted by Crippen LogP contribution is 2.27. The Morgan fingerprint density at radius 1 is 1.03 bits per heavy atom. The van der Waals surface area contributed by atoms with Gasteiger partial charge in [-0.1, -0.05) is 6.07 Å². The van der Waals surface area contributed by atoms with Crippen LogP contribution in [-0.4, -0.2) is 58.3 Å². The number of pyridine rings is 1. The molecule has 1 saturated heterocycles. The maximum absolute atomic E-state index is 13.6. The van der Waals surface area contributed by atoms with Crippen LogP contribution < -0.4 is 15.5 Å². The molecule has 1 aliphatic heterocycles. The molecule has 2 atom stereocenters. The van der Waals surface area contributed by atoms with E-state index in [1.807, 2.05) is 19.9 Å². The van der Waals surface area contributed by atoms with Crippen LogP contribution in [0.25, 0.3) is 0 Å². The van der Waals surface area contributed by atoms with Crippen LogP contribution in [0.5, 0.6) is 0 Å². The van der Waals surface area contributed by atoms with Gasteiger partial charge in [0.2, 0.25) is 0 Å². The topological polar surface area (TPSA) is 116 Å². The molecule has 3 N–H and O–H groups in total. The lowest BCUT2D eigenvalue weighted by atomic mass is 10.1. The second-order valence-electron chi connectivity index (χ2n) is 8.81. The van der Waals surface area contributed by atoms with Gasteiger partial charge in [0, 0.05) is 42.3 Å². The summed E-state index contributed by atoms with van der Waals surface area (Å²) in [5.74, 6) is -0.569. The Hall–Kier alpha value is -4.32. The molecule has 3 heterocycles. The standard InChI is InChI=1S/C26H26F3N7O2/c1-16-14-36(15-17(2)38-16)20-7-3-5-18(11-20)25(37)33-24-9-8-23(34-35-24)32-22(26(27,28)29)12-21(30)19-6-4-10-31-13-19/h3-13,16-17,30H,14-15H2,1-2H3,(H,32,34)(H,33,35,37)/b22-12-,30-21?. The highest BCUT2D eigenvalue weighted by atomic mass is 19.4. The van der Waals surface area contributed by atoms with E-state index in [-0.39, 0.29) is 35.1 Å². The number of morpholine rings is 1. The lowest BCUT2D eigenvalue weighted by Gasteiger charge is -2.37. The van der Waals surface area contributed by atoms with Crippen LogP contribution in [0.2, 0.25) is 0 Å². The molecule has 0 bridgehead atoms. The molecule has 1 aromatic carbocycles. The van der Waals surface area contributed by atoms with Gasteiger partial charge in [-0.2, -0.15) is 13.2 Å². The maximum atomic E-state index is 13.6. The first-order valence-corrected chi connectivity index (χ1v) is 11.8. The number of benzene rings is 1. The predicted octanol–water partition coefficient (Wildman–Crippen LogP) is 4.66. The lowest BCUT2D eigenvalue weighted by Crippen LogP contribution is -2.45. The molecule has 2 aromatic heterocycles. The normalized spacial score (nSPS) is 18.1. The van der Waals surface area contributed by atoms with Crippen LogP contribution >= 0.6 is 0 Å². The highest BCUT2D eigenvalue weighted by molar-refractivity contribution is 6.07. The molecule has 3 aromatic rings. The first kappa shape index (κ1) is 26.7. The third kappa shape index (κ3) is 6.91. The largest absolute Gasteiger partial charge is 0.431 e. The number of allylic oxidation sites excluding steroid dienone is 2. The molecule has 0 radical (unpaired) electrons. The average Bonchev–Trinajstić information content (AvgIpc) is 2.89. The average molecular weight is 526 g/mol. The van der Waals surface area contributed by atoms with Gasteiger partial charge < -0.3 is 25.7 Å². The van der Waals surface area contributed by atoms with Crippen molar-refractivity contribution in [3.05, 3.63) is 83.8 Å². The second kappa shape index (κ2) is 11.4. The molecule has 1 aliphatic rings. The van der Waals surface area contributed by atoms with Crippen molar-refractivity contribution < 1.29 is 22.7 Å². The first-order valence-electron chi connectivity index (χ1n) is 11.8. The van der Waals surface area contributed by atoms with Gasteiger partial charge >= 0.3 is 6.18 Å². The van der Waals surface area contributed by atoms with Gasteiger partial charge in [-0.25, -0.2) is 0 Å². The van der Waals surface area contributed by atoms with Gasteiger partial charge in [0.1, 0.15) is 5.70 Å². The molecule has 0 spiro atoms. The molecule has 9 nitrogen and oxygen atoms in total. The lowest BCUT2D eigenvalue weighted by molar-refractivity contribution is -0.0902. The number of ether oxygens (including phenoxy) is 1. The summed E-state index contributed by atoms with van der Waals surface area (Å²) in [6.07, 6.45) is -1.25. The summed E-state index contributed by atoms with van der Waals surface area (Å²) >= 11 is 0. The third-order valence-electron chi connectivity index (χ3n) is 5.63. The van der Waals surface area contributed by atoms with Gasteiger partial charge in [-0.15, -0.1) is 10.2 Å². The summed E-state index contributed by atoms with van der Waals surface area (Å²) in [6.45, 7) is 5.39. The molecule has 4 rings (SSSR count). The number of aromatic nitrogens is 3. The van der Waals surface area contributed by atoms with Crippen LogP contribution in [-0.2, 0) is 4.74 Å². The van der Waals surface area contributed by atoms with Gasteiger partial charge in [0.05, 0.1) is 17.9 Å². The number of carbonyl (C=O) groups is 1. The van der Waals surface area contributed by atoms with Crippen molar-refractivity contribution in [1.29, 1.82) is 5.41 Å². The number of rotatable bonds is 7. The van der Waals surface area contributed by atoms with Gasteiger partial charge in [0.15, 0.2) is 11.6 Å². The zero-order valence-electron chi connectivity index (χ0n) is 20.7. The number of halogens is 3. The van der Waals surface area contributed by atoms with Gasteiger partial charge in [0.25, 0.3) is 5.91 Å². The molecule has 1 amide bonds. The summed E-state index contributed by atoms with van der Waals surface area (Å²) in [5, 5.41) is 20.3. The van der Waals surface area contributed by atoms with Crippen molar-refractivity contribution in [2.75, 3.05) is 28.6 Å². The zero-order chi connectivity index (χ0) is 27.3. The maximum Gasteiger partial charge on any atom is 0.431 e.